The van der Waals surface area contributed by atoms with E-state index in [0.717, 1.165) is 11.8 Å². The predicted molar refractivity (Wildman–Crippen MR) is 74.1 cm³/mol. The number of carbonyl (C=O) groups is 1. The Kier molecular flexibility index (Phi) is 5.04. The van der Waals surface area contributed by atoms with E-state index in [4.69, 9.17) is 5.73 Å². The number of carbonyl (C=O) groups excluding carboxylic acids is 1. The maximum absolute atomic E-state index is 11.6. The first kappa shape index (κ1) is 13.9. The van der Waals surface area contributed by atoms with Crippen LogP contribution in [0.1, 0.15) is 57.8 Å². The smallest absolute Gasteiger partial charge is 0.236 e. The molecule has 0 aromatic heterocycles. The first-order chi connectivity index (χ1) is 8.72. The van der Waals surface area contributed by atoms with E-state index in [1.807, 2.05) is 11.9 Å². The Bertz CT molecular complexity index is 266. The van der Waals surface area contributed by atoms with Crippen molar-refractivity contribution in [2.45, 2.75) is 63.8 Å². The molecular weight excluding hydrogens is 224 g/mol. The predicted octanol–water partition coefficient (Wildman–Crippen LogP) is 2.54. The summed E-state index contributed by atoms with van der Waals surface area (Å²) in [5.41, 5.74) is 5.43. The van der Waals surface area contributed by atoms with E-state index in [1.165, 1.54) is 57.8 Å². The first-order valence-electron chi connectivity index (χ1n) is 7.68. The molecule has 0 spiro atoms. The number of rotatable bonds is 3. The summed E-state index contributed by atoms with van der Waals surface area (Å²) in [7, 11) is 1.92. The van der Waals surface area contributed by atoms with Gasteiger partial charge in [-0.15, -0.1) is 0 Å². The van der Waals surface area contributed by atoms with Crippen molar-refractivity contribution in [2.24, 2.45) is 17.6 Å². The summed E-state index contributed by atoms with van der Waals surface area (Å²) in [4.78, 5) is 13.5. The molecule has 0 aromatic carbocycles. The molecule has 0 aliphatic heterocycles. The molecule has 2 aliphatic rings. The van der Waals surface area contributed by atoms with Crippen LogP contribution < -0.4 is 5.73 Å². The highest BCUT2D eigenvalue weighted by Crippen LogP contribution is 2.39. The van der Waals surface area contributed by atoms with Crippen LogP contribution in [0.25, 0.3) is 0 Å². The molecule has 1 amide bonds. The summed E-state index contributed by atoms with van der Waals surface area (Å²) in [6.07, 6.45) is 12.2. The van der Waals surface area contributed by atoms with Crippen LogP contribution in [-0.2, 0) is 4.79 Å². The number of nitrogens with two attached hydrogens (primary N) is 1. The zero-order valence-electron chi connectivity index (χ0n) is 11.7. The van der Waals surface area contributed by atoms with E-state index in [9.17, 15) is 4.79 Å². The van der Waals surface area contributed by atoms with Crippen molar-refractivity contribution in [3.05, 3.63) is 0 Å². The Balaban J connectivity index is 1.78. The highest BCUT2D eigenvalue weighted by atomic mass is 16.2. The van der Waals surface area contributed by atoms with Gasteiger partial charge in [-0.05, 0) is 37.5 Å². The van der Waals surface area contributed by atoms with E-state index in [0.29, 0.717) is 6.04 Å². The number of nitrogens with zero attached hydrogens (tertiary/aromatic N) is 1. The fourth-order valence-corrected chi connectivity index (χ4v) is 3.91. The van der Waals surface area contributed by atoms with Gasteiger partial charge in [0.1, 0.15) is 0 Å². The molecule has 0 aromatic rings. The lowest BCUT2D eigenvalue weighted by Gasteiger charge is -2.38. The Morgan fingerprint density at radius 2 is 1.56 bits per heavy atom. The monoisotopic (exact) mass is 252 g/mol. The summed E-state index contributed by atoms with van der Waals surface area (Å²) in [6, 6.07) is 0.445. The highest BCUT2D eigenvalue weighted by molar-refractivity contribution is 5.78. The molecule has 0 radical (unpaired) electrons. The fourth-order valence-electron chi connectivity index (χ4n) is 3.91. The van der Waals surface area contributed by atoms with Crippen LogP contribution in [0, 0.1) is 11.8 Å². The van der Waals surface area contributed by atoms with Crippen LogP contribution in [0.3, 0.4) is 0 Å². The number of amides is 1. The number of hydrogen-bond acceptors (Lipinski definition) is 2. The lowest BCUT2D eigenvalue weighted by molar-refractivity contribution is -0.131. The van der Waals surface area contributed by atoms with Crippen LogP contribution in [0.15, 0.2) is 0 Å². The summed E-state index contributed by atoms with van der Waals surface area (Å²) in [5.74, 6) is 2.01. The van der Waals surface area contributed by atoms with Crippen molar-refractivity contribution < 1.29 is 4.79 Å². The van der Waals surface area contributed by atoms with Crippen molar-refractivity contribution in [2.75, 3.05) is 13.6 Å². The van der Waals surface area contributed by atoms with E-state index < -0.39 is 0 Å². The molecule has 2 rings (SSSR count). The van der Waals surface area contributed by atoms with Crippen LogP contribution in [-0.4, -0.2) is 30.4 Å². The second kappa shape index (κ2) is 6.55. The fraction of sp³-hybridized carbons (Fsp3) is 0.933. The maximum atomic E-state index is 11.6. The third kappa shape index (κ3) is 3.25. The van der Waals surface area contributed by atoms with Gasteiger partial charge in [-0.1, -0.05) is 32.1 Å². The van der Waals surface area contributed by atoms with Gasteiger partial charge in [-0.25, -0.2) is 0 Å². The van der Waals surface area contributed by atoms with Crippen LogP contribution in [0.4, 0.5) is 0 Å². The molecule has 0 heterocycles. The average Bonchev–Trinajstić information content (AvgIpc) is 2.47. The second-order valence-corrected chi connectivity index (χ2v) is 6.18. The largest absolute Gasteiger partial charge is 0.342 e. The van der Waals surface area contributed by atoms with Crippen molar-refractivity contribution in [3.63, 3.8) is 0 Å². The summed E-state index contributed by atoms with van der Waals surface area (Å²) in [6.45, 7) is 0.152. The van der Waals surface area contributed by atoms with Crippen LogP contribution >= 0.6 is 0 Å². The minimum atomic E-state index is 0.0936. The normalized spacial score (nSPS) is 30.1. The lowest BCUT2D eigenvalue weighted by atomic mass is 9.72. The van der Waals surface area contributed by atoms with E-state index in [-0.39, 0.29) is 12.5 Å². The maximum Gasteiger partial charge on any atom is 0.236 e. The van der Waals surface area contributed by atoms with Crippen molar-refractivity contribution >= 4 is 5.91 Å². The molecule has 0 bridgehead atoms. The van der Waals surface area contributed by atoms with Gasteiger partial charge >= 0.3 is 0 Å². The lowest BCUT2D eigenvalue weighted by Crippen LogP contribution is -2.43. The molecule has 0 unspecified atom stereocenters. The molecule has 2 fully saturated rings. The van der Waals surface area contributed by atoms with Gasteiger partial charge in [0.05, 0.1) is 6.54 Å². The molecule has 0 atom stereocenters. The van der Waals surface area contributed by atoms with E-state index in [1.54, 1.807) is 0 Å². The van der Waals surface area contributed by atoms with Crippen molar-refractivity contribution in [1.82, 2.24) is 4.90 Å². The Morgan fingerprint density at radius 3 is 2.11 bits per heavy atom. The minimum absolute atomic E-state index is 0.0936. The van der Waals surface area contributed by atoms with E-state index >= 15 is 0 Å². The van der Waals surface area contributed by atoms with Gasteiger partial charge in [-0.3, -0.25) is 4.79 Å². The third-order valence-corrected chi connectivity index (χ3v) is 5.17. The average molecular weight is 252 g/mol. The minimum Gasteiger partial charge on any atom is -0.342 e. The Hall–Kier alpha value is -0.570. The van der Waals surface area contributed by atoms with Crippen LogP contribution in [0.2, 0.25) is 0 Å². The molecule has 18 heavy (non-hydrogen) atoms. The zero-order valence-corrected chi connectivity index (χ0v) is 11.7. The second-order valence-electron chi connectivity index (χ2n) is 6.18. The molecule has 3 nitrogen and oxygen atoms in total. The summed E-state index contributed by atoms with van der Waals surface area (Å²) in [5, 5.41) is 0. The van der Waals surface area contributed by atoms with Gasteiger partial charge in [-0.2, -0.15) is 0 Å². The highest BCUT2D eigenvalue weighted by Gasteiger charge is 2.30. The molecule has 104 valence electrons. The van der Waals surface area contributed by atoms with E-state index in [2.05, 4.69) is 0 Å². The van der Waals surface area contributed by atoms with Gasteiger partial charge in [0.2, 0.25) is 5.91 Å². The summed E-state index contributed by atoms with van der Waals surface area (Å²) < 4.78 is 0. The van der Waals surface area contributed by atoms with Crippen molar-refractivity contribution in [3.8, 4) is 0 Å². The SMILES string of the molecule is CN(C(=O)CN)C1CCC(C2CCCCC2)CC1. The standard InChI is InChI=1S/C15H28N2O/c1-17(15(18)11-16)14-9-7-13(8-10-14)12-5-3-2-4-6-12/h12-14H,2-11,16H2,1H3. The molecule has 0 saturated heterocycles. The molecular formula is C15H28N2O. The van der Waals surface area contributed by atoms with Crippen LogP contribution in [0.5, 0.6) is 0 Å². The molecule has 2 aliphatic carbocycles. The number of hydrogen-bond donors (Lipinski definition) is 1. The van der Waals surface area contributed by atoms with Crippen molar-refractivity contribution in [1.29, 1.82) is 0 Å². The molecule has 3 heteroatoms. The topological polar surface area (TPSA) is 46.3 Å². The molecule has 2 saturated carbocycles. The van der Waals surface area contributed by atoms with Gasteiger partial charge < -0.3 is 10.6 Å². The first-order valence-corrected chi connectivity index (χ1v) is 7.68. The quantitative estimate of drug-likeness (QED) is 0.839. The Labute approximate surface area is 111 Å². The number of likely N-dealkylation sites (N-methyl/N-ethyl adjacent to an activating group) is 1. The Morgan fingerprint density at radius 1 is 1.00 bits per heavy atom. The zero-order chi connectivity index (χ0) is 13.0. The van der Waals surface area contributed by atoms with Gasteiger partial charge in [0.15, 0.2) is 0 Å². The third-order valence-electron chi connectivity index (χ3n) is 5.17. The van der Waals surface area contributed by atoms with Gasteiger partial charge in [0, 0.05) is 13.1 Å². The van der Waals surface area contributed by atoms with Gasteiger partial charge in [0.25, 0.3) is 0 Å². The summed E-state index contributed by atoms with van der Waals surface area (Å²) >= 11 is 0. The molecule has 2 N–H and O–H groups in total.